The second-order valence-corrected chi connectivity index (χ2v) is 5.42. The van der Waals surface area contributed by atoms with E-state index >= 15 is 0 Å². The van der Waals surface area contributed by atoms with Gasteiger partial charge in [-0.15, -0.1) is 0 Å². The van der Waals surface area contributed by atoms with Crippen molar-refractivity contribution in [3.63, 3.8) is 0 Å². The highest BCUT2D eigenvalue weighted by atomic mass is 16.5. The Morgan fingerprint density at radius 2 is 2.00 bits per heavy atom. The van der Waals surface area contributed by atoms with Crippen LogP contribution >= 0.6 is 0 Å². The summed E-state index contributed by atoms with van der Waals surface area (Å²) < 4.78 is 5.40. The Labute approximate surface area is 123 Å². The van der Waals surface area contributed by atoms with Crippen LogP contribution in [0.4, 0.5) is 0 Å². The number of nitrogens with two attached hydrogens (primary N) is 1. The molecule has 1 aromatic carbocycles. The van der Waals surface area contributed by atoms with E-state index in [0.717, 1.165) is 16.5 Å². The summed E-state index contributed by atoms with van der Waals surface area (Å²) in [5, 5.41) is 6.20. The summed E-state index contributed by atoms with van der Waals surface area (Å²) in [5.41, 5.74) is 6.54. The van der Waals surface area contributed by atoms with E-state index < -0.39 is 0 Å². The van der Waals surface area contributed by atoms with E-state index in [0.29, 0.717) is 24.2 Å². The van der Waals surface area contributed by atoms with Crippen LogP contribution in [0.1, 0.15) is 25.7 Å². The van der Waals surface area contributed by atoms with E-state index in [9.17, 15) is 0 Å². The summed E-state index contributed by atoms with van der Waals surface area (Å²) >= 11 is 0. The molecule has 0 fully saturated rings. The van der Waals surface area contributed by atoms with Gasteiger partial charge in [0.2, 0.25) is 11.7 Å². The molecule has 0 spiro atoms. The van der Waals surface area contributed by atoms with Crippen LogP contribution in [0.3, 0.4) is 0 Å². The molecular formula is C16H18N4O. The second-order valence-electron chi connectivity index (χ2n) is 5.42. The number of pyridine rings is 1. The largest absolute Gasteiger partial charge is 0.339 e. The van der Waals surface area contributed by atoms with Crippen molar-refractivity contribution >= 4 is 10.8 Å². The molecule has 2 heterocycles. The maximum absolute atomic E-state index is 5.80. The van der Waals surface area contributed by atoms with Gasteiger partial charge in [0, 0.05) is 18.1 Å². The van der Waals surface area contributed by atoms with Gasteiger partial charge >= 0.3 is 0 Å². The molecule has 0 aliphatic heterocycles. The molecule has 21 heavy (non-hydrogen) atoms. The lowest BCUT2D eigenvalue weighted by Gasteiger charge is -2.13. The van der Waals surface area contributed by atoms with Crippen LogP contribution in [0.5, 0.6) is 0 Å². The van der Waals surface area contributed by atoms with Crippen molar-refractivity contribution in [1.29, 1.82) is 0 Å². The van der Waals surface area contributed by atoms with Gasteiger partial charge in [0.1, 0.15) is 5.69 Å². The first kappa shape index (κ1) is 13.7. The van der Waals surface area contributed by atoms with Gasteiger partial charge in [-0.3, -0.25) is 4.98 Å². The first-order chi connectivity index (χ1) is 10.2. The zero-order valence-electron chi connectivity index (χ0n) is 12.2. The van der Waals surface area contributed by atoms with Crippen LogP contribution in [0.25, 0.3) is 22.3 Å². The molecule has 1 atom stereocenters. The number of hydrogen-bond donors (Lipinski definition) is 1. The minimum absolute atomic E-state index is 0.0706. The lowest BCUT2D eigenvalue weighted by atomic mass is 9.96. The van der Waals surface area contributed by atoms with Crippen molar-refractivity contribution in [2.75, 3.05) is 6.54 Å². The van der Waals surface area contributed by atoms with E-state index in [2.05, 4.69) is 29.0 Å². The zero-order chi connectivity index (χ0) is 14.8. The smallest absolute Gasteiger partial charge is 0.231 e. The van der Waals surface area contributed by atoms with Crippen molar-refractivity contribution in [2.45, 2.75) is 19.8 Å². The Morgan fingerprint density at radius 3 is 2.76 bits per heavy atom. The molecule has 5 nitrogen and oxygen atoms in total. The topological polar surface area (TPSA) is 77.8 Å². The van der Waals surface area contributed by atoms with E-state index in [1.54, 1.807) is 6.20 Å². The first-order valence-electron chi connectivity index (χ1n) is 7.08. The molecule has 5 heteroatoms. The van der Waals surface area contributed by atoms with Gasteiger partial charge in [-0.2, -0.15) is 4.98 Å². The number of aromatic nitrogens is 3. The molecule has 0 saturated carbocycles. The van der Waals surface area contributed by atoms with Crippen LogP contribution < -0.4 is 5.73 Å². The Kier molecular flexibility index (Phi) is 3.66. The van der Waals surface area contributed by atoms with Crippen LogP contribution in [-0.4, -0.2) is 21.7 Å². The van der Waals surface area contributed by atoms with E-state index in [1.165, 1.54) is 0 Å². The summed E-state index contributed by atoms with van der Waals surface area (Å²) in [5.74, 6) is 1.52. The lowest BCUT2D eigenvalue weighted by molar-refractivity contribution is 0.324. The van der Waals surface area contributed by atoms with Gasteiger partial charge in [-0.05, 0) is 17.4 Å². The Morgan fingerprint density at radius 1 is 1.19 bits per heavy atom. The van der Waals surface area contributed by atoms with E-state index in [-0.39, 0.29) is 5.92 Å². The van der Waals surface area contributed by atoms with Crippen molar-refractivity contribution < 1.29 is 4.52 Å². The standard InChI is InChI=1S/C16H18N4O/c1-10(2)13(9-17)16-19-15(20-21-16)14-12-6-4-3-5-11(12)7-8-18-14/h3-8,10,13H,9,17H2,1-2H3. The summed E-state index contributed by atoms with van der Waals surface area (Å²) in [7, 11) is 0. The van der Waals surface area contributed by atoms with Gasteiger partial charge in [-0.25, -0.2) is 0 Å². The third-order valence-corrected chi connectivity index (χ3v) is 3.70. The maximum atomic E-state index is 5.80. The third kappa shape index (κ3) is 2.52. The number of nitrogens with zero attached hydrogens (tertiary/aromatic N) is 3. The highest BCUT2D eigenvalue weighted by Gasteiger charge is 2.22. The monoisotopic (exact) mass is 282 g/mol. The van der Waals surface area contributed by atoms with Crippen LogP contribution in [0, 0.1) is 5.92 Å². The molecule has 3 aromatic rings. The Hall–Kier alpha value is -2.27. The molecule has 0 bridgehead atoms. The van der Waals surface area contributed by atoms with Gasteiger partial charge in [0.25, 0.3) is 0 Å². The number of rotatable bonds is 4. The SMILES string of the molecule is CC(C)C(CN)c1nc(-c2nccc3ccccc23)no1. The highest BCUT2D eigenvalue weighted by molar-refractivity contribution is 5.92. The molecule has 2 N–H and O–H groups in total. The number of fused-ring (bicyclic) bond motifs is 1. The third-order valence-electron chi connectivity index (χ3n) is 3.70. The maximum Gasteiger partial charge on any atom is 0.231 e. The van der Waals surface area contributed by atoms with Crippen LogP contribution in [0.2, 0.25) is 0 Å². The van der Waals surface area contributed by atoms with Crippen molar-refractivity contribution in [3.8, 4) is 11.5 Å². The fourth-order valence-corrected chi connectivity index (χ4v) is 2.44. The number of hydrogen-bond acceptors (Lipinski definition) is 5. The van der Waals surface area contributed by atoms with E-state index in [1.807, 2.05) is 30.3 Å². The molecule has 0 aliphatic rings. The van der Waals surface area contributed by atoms with Crippen LogP contribution in [-0.2, 0) is 0 Å². The second kappa shape index (κ2) is 5.61. The molecule has 2 aromatic heterocycles. The van der Waals surface area contributed by atoms with Gasteiger partial charge in [-0.1, -0.05) is 43.3 Å². The van der Waals surface area contributed by atoms with Gasteiger partial charge < -0.3 is 10.3 Å². The molecule has 3 rings (SSSR count). The predicted octanol–water partition coefficient (Wildman–Crippen LogP) is 2.98. The highest BCUT2D eigenvalue weighted by Crippen LogP contribution is 2.27. The normalized spacial score (nSPS) is 13.0. The first-order valence-corrected chi connectivity index (χ1v) is 7.08. The lowest BCUT2D eigenvalue weighted by Crippen LogP contribution is -2.18. The zero-order valence-corrected chi connectivity index (χ0v) is 12.2. The molecule has 0 aliphatic carbocycles. The molecule has 108 valence electrons. The fourth-order valence-electron chi connectivity index (χ4n) is 2.44. The molecular weight excluding hydrogens is 264 g/mol. The van der Waals surface area contributed by atoms with Crippen LogP contribution in [0.15, 0.2) is 41.1 Å². The fraction of sp³-hybridized carbons (Fsp3) is 0.312. The predicted molar refractivity (Wildman–Crippen MR) is 81.7 cm³/mol. The summed E-state index contributed by atoms with van der Waals surface area (Å²) in [6.45, 7) is 4.68. The molecule has 0 amide bonds. The van der Waals surface area contributed by atoms with Crippen molar-refractivity contribution in [1.82, 2.24) is 15.1 Å². The Bertz CT molecular complexity index is 745. The average Bonchev–Trinajstić information content (AvgIpc) is 2.96. The quantitative estimate of drug-likeness (QED) is 0.796. The average molecular weight is 282 g/mol. The summed E-state index contributed by atoms with van der Waals surface area (Å²) in [6.07, 6.45) is 1.76. The summed E-state index contributed by atoms with van der Waals surface area (Å²) in [6, 6.07) is 9.99. The Balaban J connectivity index is 2.06. The van der Waals surface area contributed by atoms with Gasteiger partial charge in [0.15, 0.2) is 0 Å². The van der Waals surface area contributed by atoms with Crippen molar-refractivity contribution in [3.05, 3.63) is 42.4 Å². The molecule has 0 saturated heterocycles. The van der Waals surface area contributed by atoms with E-state index in [4.69, 9.17) is 10.3 Å². The number of benzene rings is 1. The van der Waals surface area contributed by atoms with Crippen molar-refractivity contribution in [2.24, 2.45) is 11.7 Å². The molecule has 0 radical (unpaired) electrons. The van der Waals surface area contributed by atoms with Gasteiger partial charge in [0.05, 0.1) is 5.92 Å². The minimum Gasteiger partial charge on any atom is -0.339 e. The minimum atomic E-state index is 0.0706. The molecule has 1 unspecified atom stereocenters. The summed E-state index contributed by atoms with van der Waals surface area (Å²) in [4.78, 5) is 8.91.